The minimum atomic E-state index is -0.302. The highest BCUT2D eigenvalue weighted by molar-refractivity contribution is 7.22. The molecule has 0 spiro atoms. The van der Waals surface area contributed by atoms with E-state index in [-0.39, 0.29) is 5.97 Å². The molecule has 0 saturated heterocycles. The summed E-state index contributed by atoms with van der Waals surface area (Å²) in [5.41, 5.74) is 1.75. The molecule has 23 heavy (non-hydrogen) atoms. The van der Waals surface area contributed by atoms with Gasteiger partial charge in [0.25, 0.3) is 0 Å². The first kappa shape index (κ1) is 14.0. The highest BCUT2D eigenvalue weighted by atomic mass is 32.1. The van der Waals surface area contributed by atoms with Crippen molar-refractivity contribution in [3.63, 3.8) is 0 Å². The fraction of sp³-hybridized carbons (Fsp3) is 0.0500. The predicted molar refractivity (Wildman–Crippen MR) is 96.1 cm³/mol. The molecule has 4 rings (SSSR count). The van der Waals surface area contributed by atoms with Crippen LogP contribution in [0.15, 0.2) is 66.7 Å². The van der Waals surface area contributed by atoms with Crippen molar-refractivity contribution in [3.05, 3.63) is 72.3 Å². The van der Waals surface area contributed by atoms with Gasteiger partial charge in [0.2, 0.25) is 0 Å². The third-order valence-corrected chi connectivity index (χ3v) is 5.17. The Morgan fingerprint density at radius 2 is 1.65 bits per heavy atom. The highest BCUT2D eigenvalue weighted by Gasteiger charge is 2.14. The number of hydrogen-bond donors (Lipinski definition) is 0. The molecular formula is C20H14O2S. The first-order chi connectivity index (χ1) is 11.3. The fourth-order valence-electron chi connectivity index (χ4n) is 2.92. The number of benzene rings is 3. The molecule has 112 valence electrons. The van der Waals surface area contributed by atoms with E-state index in [4.69, 9.17) is 4.74 Å². The zero-order chi connectivity index (χ0) is 15.8. The van der Waals surface area contributed by atoms with Crippen LogP contribution in [-0.2, 0) is 4.74 Å². The first-order valence-electron chi connectivity index (χ1n) is 7.37. The molecule has 0 aliphatic carbocycles. The molecule has 0 aliphatic heterocycles. The van der Waals surface area contributed by atoms with Gasteiger partial charge in [0, 0.05) is 9.58 Å². The van der Waals surface area contributed by atoms with E-state index in [0.29, 0.717) is 5.56 Å². The van der Waals surface area contributed by atoms with Gasteiger partial charge in [-0.05, 0) is 39.9 Å². The molecule has 0 amide bonds. The maximum atomic E-state index is 12.0. The van der Waals surface area contributed by atoms with E-state index in [2.05, 4.69) is 36.4 Å². The molecule has 0 aliphatic rings. The van der Waals surface area contributed by atoms with Gasteiger partial charge in [-0.25, -0.2) is 4.79 Å². The van der Waals surface area contributed by atoms with E-state index >= 15 is 0 Å². The van der Waals surface area contributed by atoms with E-state index in [9.17, 15) is 4.79 Å². The number of thiophene rings is 1. The van der Waals surface area contributed by atoms with Crippen molar-refractivity contribution in [2.45, 2.75) is 0 Å². The summed E-state index contributed by atoms with van der Waals surface area (Å²) in [5.74, 6) is -0.302. The van der Waals surface area contributed by atoms with Crippen molar-refractivity contribution in [3.8, 4) is 10.4 Å². The number of carbonyl (C=O) groups excluding carboxylic acids is 1. The van der Waals surface area contributed by atoms with Gasteiger partial charge in [-0.2, -0.15) is 0 Å². The molecule has 0 unspecified atom stereocenters. The summed E-state index contributed by atoms with van der Waals surface area (Å²) in [5, 5.41) is 3.24. The maximum absolute atomic E-state index is 12.0. The Bertz CT molecular complexity index is 997. The summed E-state index contributed by atoms with van der Waals surface area (Å²) in [7, 11) is 1.41. The fourth-order valence-corrected chi connectivity index (χ4v) is 4.02. The average Bonchev–Trinajstić information content (AvgIpc) is 3.04. The lowest BCUT2D eigenvalue weighted by Crippen LogP contribution is -2.02. The SMILES string of the molecule is COC(=O)c1ccc(-c2cc3ccccc3s2)c2ccccc12. The van der Waals surface area contributed by atoms with Crippen molar-refractivity contribution in [1.82, 2.24) is 0 Å². The standard InChI is InChI=1S/C20H14O2S/c1-22-20(21)17-11-10-16(14-7-3-4-8-15(14)17)19-12-13-6-2-5-9-18(13)23-19/h2-12H,1H3. The molecular weight excluding hydrogens is 304 g/mol. The summed E-state index contributed by atoms with van der Waals surface area (Å²) >= 11 is 1.77. The number of carbonyl (C=O) groups is 1. The van der Waals surface area contributed by atoms with Crippen LogP contribution in [0.3, 0.4) is 0 Å². The van der Waals surface area contributed by atoms with Gasteiger partial charge in [0.05, 0.1) is 12.7 Å². The van der Waals surface area contributed by atoms with Crippen molar-refractivity contribution in [1.29, 1.82) is 0 Å². The Morgan fingerprint density at radius 3 is 2.43 bits per heavy atom. The van der Waals surface area contributed by atoms with Crippen molar-refractivity contribution < 1.29 is 9.53 Å². The van der Waals surface area contributed by atoms with Crippen LogP contribution < -0.4 is 0 Å². The summed E-state index contributed by atoms with van der Waals surface area (Å²) in [6.07, 6.45) is 0. The molecule has 0 N–H and O–H groups in total. The van der Waals surface area contributed by atoms with Crippen LogP contribution in [0.25, 0.3) is 31.3 Å². The smallest absolute Gasteiger partial charge is 0.338 e. The molecule has 3 heteroatoms. The minimum Gasteiger partial charge on any atom is -0.465 e. The molecule has 0 bridgehead atoms. The first-order valence-corrected chi connectivity index (χ1v) is 8.18. The molecule has 1 aromatic heterocycles. The highest BCUT2D eigenvalue weighted by Crippen LogP contribution is 2.38. The van der Waals surface area contributed by atoms with Crippen LogP contribution in [-0.4, -0.2) is 13.1 Å². The number of esters is 1. The third kappa shape index (κ3) is 2.30. The lowest BCUT2D eigenvalue weighted by Gasteiger charge is -2.09. The molecule has 0 saturated carbocycles. The number of methoxy groups -OCH3 is 1. The van der Waals surface area contributed by atoms with Gasteiger partial charge in [-0.1, -0.05) is 48.5 Å². The van der Waals surface area contributed by atoms with Gasteiger partial charge in [0.1, 0.15) is 0 Å². The molecule has 3 aromatic carbocycles. The van der Waals surface area contributed by atoms with Crippen LogP contribution in [0.1, 0.15) is 10.4 Å². The number of rotatable bonds is 2. The average molecular weight is 318 g/mol. The van der Waals surface area contributed by atoms with Gasteiger partial charge in [0.15, 0.2) is 0 Å². The van der Waals surface area contributed by atoms with E-state index in [1.54, 1.807) is 11.3 Å². The summed E-state index contributed by atoms with van der Waals surface area (Å²) in [6, 6.07) is 22.4. The van der Waals surface area contributed by atoms with Crippen LogP contribution >= 0.6 is 11.3 Å². The van der Waals surface area contributed by atoms with Crippen molar-refractivity contribution in [2.24, 2.45) is 0 Å². The van der Waals surface area contributed by atoms with E-state index in [1.807, 2.05) is 30.3 Å². The molecule has 4 aromatic rings. The zero-order valence-corrected chi connectivity index (χ0v) is 13.4. The third-order valence-electron chi connectivity index (χ3n) is 4.02. The molecule has 0 fully saturated rings. The summed E-state index contributed by atoms with van der Waals surface area (Å²) < 4.78 is 6.17. The lowest BCUT2D eigenvalue weighted by molar-refractivity contribution is 0.0603. The van der Waals surface area contributed by atoms with E-state index in [0.717, 1.165) is 16.3 Å². The second-order valence-corrected chi connectivity index (χ2v) is 6.43. The topological polar surface area (TPSA) is 26.3 Å². The predicted octanol–water partition coefficient (Wildman–Crippen LogP) is 5.51. The summed E-state index contributed by atoms with van der Waals surface area (Å²) in [6.45, 7) is 0. The van der Waals surface area contributed by atoms with Crippen molar-refractivity contribution in [2.75, 3.05) is 7.11 Å². The number of ether oxygens (including phenoxy) is 1. The molecule has 0 radical (unpaired) electrons. The molecule has 2 nitrogen and oxygen atoms in total. The lowest BCUT2D eigenvalue weighted by atomic mass is 9.98. The number of fused-ring (bicyclic) bond motifs is 2. The van der Waals surface area contributed by atoms with Crippen molar-refractivity contribution >= 4 is 38.2 Å². The Hall–Kier alpha value is -2.65. The van der Waals surface area contributed by atoms with Crippen LogP contribution in [0, 0.1) is 0 Å². The Balaban J connectivity index is 1.99. The van der Waals surface area contributed by atoms with Gasteiger partial charge < -0.3 is 4.74 Å². The quantitative estimate of drug-likeness (QED) is 0.456. The van der Waals surface area contributed by atoms with Crippen LogP contribution in [0.4, 0.5) is 0 Å². The van der Waals surface area contributed by atoms with Crippen LogP contribution in [0.5, 0.6) is 0 Å². The largest absolute Gasteiger partial charge is 0.465 e. The second kappa shape index (κ2) is 5.52. The van der Waals surface area contributed by atoms with Gasteiger partial charge >= 0.3 is 5.97 Å². The van der Waals surface area contributed by atoms with E-state index in [1.165, 1.54) is 22.1 Å². The van der Waals surface area contributed by atoms with E-state index < -0.39 is 0 Å². The monoisotopic (exact) mass is 318 g/mol. The Morgan fingerprint density at radius 1 is 0.913 bits per heavy atom. The minimum absolute atomic E-state index is 0.302. The Labute approximate surface area is 137 Å². The molecule has 0 atom stereocenters. The normalized spacial score (nSPS) is 11.0. The summed E-state index contributed by atoms with van der Waals surface area (Å²) in [4.78, 5) is 13.2. The maximum Gasteiger partial charge on any atom is 0.338 e. The second-order valence-electron chi connectivity index (χ2n) is 5.35. The molecule has 1 heterocycles. The number of hydrogen-bond acceptors (Lipinski definition) is 3. The van der Waals surface area contributed by atoms with Gasteiger partial charge in [-0.15, -0.1) is 11.3 Å². The zero-order valence-electron chi connectivity index (χ0n) is 12.6. The van der Waals surface area contributed by atoms with Gasteiger partial charge in [-0.3, -0.25) is 0 Å². The van der Waals surface area contributed by atoms with Crippen LogP contribution in [0.2, 0.25) is 0 Å². The Kier molecular flexibility index (Phi) is 3.36.